The first-order valence-corrected chi connectivity index (χ1v) is 8.88. The number of hydrogen-bond acceptors (Lipinski definition) is 3. The summed E-state index contributed by atoms with van der Waals surface area (Å²) in [4.78, 5) is 19.8. The number of piperidine rings is 1. The van der Waals surface area contributed by atoms with Crippen molar-refractivity contribution in [1.82, 2.24) is 14.7 Å². The van der Waals surface area contributed by atoms with E-state index in [1.54, 1.807) is 0 Å². The van der Waals surface area contributed by atoms with Crippen molar-refractivity contribution in [3.63, 3.8) is 0 Å². The van der Waals surface area contributed by atoms with Crippen molar-refractivity contribution in [3.8, 4) is 0 Å². The lowest BCUT2D eigenvalue weighted by Crippen LogP contribution is -2.52. The van der Waals surface area contributed by atoms with E-state index >= 15 is 0 Å². The maximum atomic E-state index is 13.0. The zero-order valence-electron chi connectivity index (χ0n) is 14.4. The molecule has 2 aliphatic rings. The van der Waals surface area contributed by atoms with E-state index in [0.29, 0.717) is 11.9 Å². The normalized spacial score (nSPS) is 26.0. The van der Waals surface area contributed by atoms with Crippen molar-refractivity contribution in [2.24, 2.45) is 0 Å². The van der Waals surface area contributed by atoms with Crippen LogP contribution in [0.2, 0.25) is 0 Å². The fraction of sp³-hybridized carbons (Fsp3) is 0.632. The van der Waals surface area contributed by atoms with E-state index in [1.807, 2.05) is 6.07 Å². The molecule has 0 aromatic heterocycles. The van der Waals surface area contributed by atoms with Gasteiger partial charge in [0.15, 0.2) is 0 Å². The number of rotatable bonds is 4. The van der Waals surface area contributed by atoms with Crippen LogP contribution < -0.4 is 0 Å². The average molecular weight is 315 g/mol. The van der Waals surface area contributed by atoms with Crippen LogP contribution >= 0.6 is 0 Å². The number of hydrogen-bond donors (Lipinski definition) is 0. The second-order valence-electron chi connectivity index (χ2n) is 7.16. The van der Waals surface area contributed by atoms with Gasteiger partial charge in [0.2, 0.25) is 5.91 Å². The summed E-state index contributed by atoms with van der Waals surface area (Å²) in [6, 6.07) is 11.1. The number of likely N-dealkylation sites (N-methyl/N-ethyl adjacent to an activating group) is 1. The SMILES string of the molecule is CN(C)C1CCCN(C(=O)C2CCCN2Cc2ccccc2)C1. The number of benzene rings is 1. The monoisotopic (exact) mass is 315 g/mol. The van der Waals surface area contributed by atoms with E-state index in [2.05, 4.69) is 53.1 Å². The van der Waals surface area contributed by atoms with Gasteiger partial charge >= 0.3 is 0 Å². The minimum atomic E-state index is 0.0797. The van der Waals surface area contributed by atoms with Crippen LogP contribution in [-0.4, -0.2) is 66.4 Å². The lowest BCUT2D eigenvalue weighted by Gasteiger charge is -2.38. The Hall–Kier alpha value is -1.39. The Labute approximate surface area is 140 Å². The fourth-order valence-electron chi connectivity index (χ4n) is 3.90. The number of amides is 1. The predicted octanol–water partition coefficient (Wildman–Crippen LogP) is 2.20. The lowest BCUT2D eigenvalue weighted by molar-refractivity contribution is -0.138. The van der Waals surface area contributed by atoms with Gasteiger partial charge < -0.3 is 9.80 Å². The number of nitrogens with zero attached hydrogens (tertiary/aromatic N) is 3. The van der Waals surface area contributed by atoms with Gasteiger partial charge in [0, 0.05) is 25.7 Å². The number of carbonyl (C=O) groups is 1. The van der Waals surface area contributed by atoms with Gasteiger partial charge in [-0.1, -0.05) is 30.3 Å². The van der Waals surface area contributed by atoms with Crippen molar-refractivity contribution >= 4 is 5.91 Å². The third kappa shape index (κ3) is 3.93. The van der Waals surface area contributed by atoms with Crippen molar-refractivity contribution < 1.29 is 4.79 Å². The van der Waals surface area contributed by atoms with Crippen molar-refractivity contribution in [2.75, 3.05) is 33.7 Å². The summed E-state index contributed by atoms with van der Waals surface area (Å²) in [6.45, 7) is 3.75. The molecule has 3 rings (SSSR count). The van der Waals surface area contributed by atoms with Crippen molar-refractivity contribution in [1.29, 1.82) is 0 Å². The molecule has 2 atom stereocenters. The van der Waals surface area contributed by atoms with Gasteiger partial charge in [-0.2, -0.15) is 0 Å². The van der Waals surface area contributed by atoms with E-state index < -0.39 is 0 Å². The molecule has 0 spiro atoms. The molecular weight excluding hydrogens is 286 g/mol. The molecule has 4 nitrogen and oxygen atoms in total. The van der Waals surface area contributed by atoms with Gasteiger partial charge in [-0.25, -0.2) is 0 Å². The highest BCUT2D eigenvalue weighted by atomic mass is 16.2. The van der Waals surface area contributed by atoms with Gasteiger partial charge in [0.25, 0.3) is 0 Å². The molecule has 2 fully saturated rings. The summed E-state index contributed by atoms with van der Waals surface area (Å²) in [6.07, 6.45) is 4.47. The largest absolute Gasteiger partial charge is 0.340 e. The molecule has 2 saturated heterocycles. The molecule has 0 N–H and O–H groups in total. The topological polar surface area (TPSA) is 26.8 Å². The molecule has 2 unspecified atom stereocenters. The van der Waals surface area contributed by atoms with Crippen molar-refractivity contribution in [3.05, 3.63) is 35.9 Å². The van der Waals surface area contributed by atoms with Crippen LogP contribution in [0.4, 0.5) is 0 Å². The number of likely N-dealkylation sites (tertiary alicyclic amines) is 2. The third-order valence-electron chi connectivity index (χ3n) is 5.32. The van der Waals surface area contributed by atoms with Crippen LogP contribution in [-0.2, 0) is 11.3 Å². The first-order valence-electron chi connectivity index (χ1n) is 8.88. The standard InChI is InChI=1S/C19H29N3O/c1-20(2)17-10-6-13-22(15-17)19(23)18-11-7-12-21(18)14-16-8-4-3-5-9-16/h3-5,8-9,17-18H,6-7,10-15H2,1-2H3. The molecule has 0 radical (unpaired) electrons. The van der Waals surface area contributed by atoms with Gasteiger partial charge in [0.1, 0.15) is 0 Å². The van der Waals surface area contributed by atoms with Crippen LogP contribution in [0.25, 0.3) is 0 Å². The summed E-state index contributed by atoms with van der Waals surface area (Å²) in [5.41, 5.74) is 1.30. The van der Waals surface area contributed by atoms with E-state index in [-0.39, 0.29) is 6.04 Å². The van der Waals surface area contributed by atoms with Gasteiger partial charge in [0.05, 0.1) is 6.04 Å². The van der Waals surface area contributed by atoms with Crippen LogP contribution in [0.1, 0.15) is 31.2 Å². The van der Waals surface area contributed by atoms with Crippen LogP contribution in [0.3, 0.4) is 0 Å². The van der Waals surface area contributed by atoms with Crippen molar-refractivity contribution in [2.45, 2.75) is 44.3 Å². The Kier molecular flexibility index (Phi) is 5.34. The minimum Gasteiger partial charge on any atom is -0.340 e. The second-order valence-corrected chi connectivity index (χ2v) is 7.16. The summed E-state index contributed by atoms with van der Waals surface area (Å²) >= 11 is 0. The van der Waals surface area contributed by atoms with Crippen LogP contribution in [0.5, 0.6) is 0 Å². The molecule has 23 heavy (non-hydrogen) atoms. The molecule has 1 amide bonds. The first-order chi connectivity index (χ1) is 11.1. The fourth-order valence-corrected chi connectivity index (χ4v) is 3.90. The maximum Gasteiger partial charge on any atom is 0.239 e. The highest BCUT2D eigenvalue weighted by Crippen LogP contribution is 2.24. The zero-order valence-corrected chi connectivity index (χ0v) is 14.4. The van der Waals surface area contributed by atoms with E-state index in [9.17, 15) is 4.79 Å². The maximum absolute atomic E-state index is 13.0. The Balaban J connectivity index is 1.63. The summed E-state index contributed by atoms with van der Waals surface area (Å²) in [5, 5.41) is 0. The molecule has 0 aliphatic carbocycles. The molecule has 0 saturated carbocycles. The molecule has 2 heterocycles. The highest BCUT2D eigenvalue weighted by Gasteiger charge is 2.35. The van der Waals surface area contributed by atoms with E-state index in [0.717, 1.165) is 45.4 Å². The van der Waals surface area contributed by atoms with Crippen LogP contribution in [0, 0.1) is 0 Å². The van der Waals surface area contributed by atoms with Gasteiger partial charge in [-0.3, -0.25) is 9.69 Å². The molecule has 1 aromatic rings. The minimum absolute atomic E-state index is 0.0797. The Morgan fingerprint density at radius 2 is 1.87 bits per heavy atom. The summed E-state index contributed by atoms with van der Waals surface area (Å²) in [7, 11) is 4.24. The smallest absolute Gasteiger partial charge is 0.239 e. The molecule has 4 heteroatoms. The second kappa shape index (κ2) is 7.45. The zero-order chi connectivity index (χ0) is 16.2. The Bertz CT molecular complexity index is 517. The quantitative estimate of drug-likeness (QED) is 0.852. The summed E-state index contributed by atoms with van der Waals surface area (Å²) < 4.78 is 0. The predicted molar refractivity (Wildman–Crippen MR) is 93.2 cm³/mol. The molecule has 1 aromatic carbocycles. The Morgan fingerprint density at radius 1 is 1.13 bits per heavy atom. The highest BCUT2D eigenvalue weighted by molar-refractivity contribution is 5.82. The Morgan fingerprint density at radius 3 is 2.61 bits per heavy atom. The molecule has 126 valence electrons. The lowest BCUT2D eigenvalue weighted by atomic mass is 10.0. The molecule has 2 aliphatic heterocycles. The van der Waals surface area contributed by atoms with Crippen LogP contribution in [0.15, 0.2) is 30.3 Å². The van der Waals surface area contributed by atoms with E-state index in [4.69, 9.17) is 0 Å². The number of carbonyl (C=O) groups excluding carboxylic acids is 1. The van der Waals surface area contributed by atoms with Gasteiger partial charge in [-0.05, 0) is 51.9 Å². The average Bonchev–Trinajstić information content (AvgIpc) is 3.03. The summed E-state index contributed by atoms with van der Waals surface area (Å²) in [5.74, 6) is 0.352. The molecule has 0 bridgehead atoms. The van der Waals surface area contributed by atoms with E-state index in [1.165, 1.54) is 12.0 Å². The first kappa shape index (κ1) is 16.5. The molecular formula is C19H29N3O. The van der Waals surface area contributed by atoms with Gasteiger partial charge in [-0.15, -0.1) is 0 Å². The third-order valence-corrected chi connectivity index (χ3v) is 5.32.